The first-order valence-corrected chi connectivity index (χ1v) is 6.01. The minimum absolute atomic E-state index is 0.331. The first-order chi connectivity index (χ1) is 7.79. The van der Waals surface area contributed by atoms with Crippen LogP contribution in [0.25, 0.3) is 0 Å². The Morgan fingerprint density at radius 3 is 2.69 bits per heavy atom. The number of nitrogens with zero attached hydrogens (tertiary/aromatic N) is 1. The number of rotatable bonds is 3. The maximum Gasteiger partial charge on any atom is 0.115 e. The van der Waals surface area contributed by atoms with Gasteiger partial charge in [0.1, 0.15) is 5.75 Å². The molecule has 0 spiro atoms. The number of benzene rings is 1. The Morgan fingerprint density at radius 1 is 1.25 bits per heavy atom. The summed E-state index contributed by atoms with van der Waals surface area (Å²) in [6.45, 7) is 2.84. The summed E-state index contributed by atoms with van der Waals surface area (Å²) in [4.78, 5) is 2.45. The van der Waals surface area contributed by atoms with Crippen molar-refractivity contribution in [3.8, 4) is 5.75 Å². The Bertz CT molecular complexity index is 323. The number of phenolic OH excluding ortho intramolecular Hbond substituents is 1. The number of hydrogen-bond donors (Lipinski definition) is 2. The van der Waals surface area contributed by atoms with Crippen molar-refractivity contribution < 1.29 is 5.11 Å². The predicted molar refractivity (Wildman–Crippen MR) is 65.2 cm³/mol. The maximum atomic E-state index is 9.23. The quantitative estimate of drug-likeness (QED) is 0.815. The highest BCUT2D eigenvalue weighted by molar-refractivity contribution is 5.25. The van der Waals surface area contributed by atoms with E-state index in [0.29, 0.717) is 11.8 Å². The third-order valence-electron chi connectivity index (χ3n) is 3.34. The lowest BCUT2D eigenvalue weighted by atomic mass is 10.0. The highest BCUT2D eigenvalue weighted by Gasteiger charge is 2.20. The zero-order valence-electron chi connectivity index (χ0n) is 9.60. The van der Waals surface area contributed by atoms with Gasteiger partial charge in [-0.3, -0.25) is 4.90 Å². The molecule has 2 rings (SSSR count). The molecule has 1 aliphatic heterocycles. The summed E-state index contributed by atoms with van der Waals surface area (Å²) in [6.07, 6.45) is 3.79. The number of aromatic hydroxyl groups is 1. The maximum absolute atomic E-state index is 9.23. The van der Waals surface area contributed by atoms with Crippen molar-refractivity contribution in [3.63, 3.8) is 0 Å². The van der Waals surface area contributed by atoms with E-state index in [1.807, 2.05) is 12.1 Å². The van der Waals surface area contributed by atoms with E-state index in [9.17, 15) is 5.11 Å². The summed E-state index contributed by atoms with van der Waals surface area (Å²) in [7, 11) is 0. The molecule has 0 saturated carbocycles. The normalized spacial score (nSPS) is 22.2. The second kappa shape index (κ2) is 5.32. The van der Waals surface area contributed by atoms with Crippen LogP contribution in [0.3, 0.4) is 0 Å². The third-order valence-corrected chi connectivity index (χ3v) is 3.34. The molecule has 0 bridgehead atoms. The van der Waals surface area contributed by atoms with Gasteiger partial charge in [-0.2, -0.15) is 0 Å². The minimum Gasteiger partial charge on any atom is -0.508 e. The average molecular weight is 220 g/mol. The van der Waals surface area contributed by atoms with E-state index >= 15 is 0 Å². The van der Waals surface area contributed by atoms with Crippen molar-refractivity contribution in [1.82, 2.24) is 4.90 Å². The van der Waals surface area contributed by atoms with Crippen molar-refractivity contribution in [3.05, 3.63) is 29.8 Å². The lowest BCUT2D eigenvalue weighted by Crippen LogP contribution is -2.43. The zero-order valence-corrected chi connectivity index (χ0v) is 9.60. The van der Waals surface area contributed by atoms with Crippen LogP contribution in [-0.4, -0.2) is 29.1 Å². The molecule has 0 radical (unpaired) electrons. The molecule has 3 N–H and O–H groups in total. The lowest BCUT2D eigenvalue weighted by molar-refractivity contribution is 0.145. The smallest absolute Gasteiger partial charge is 0.115 e. The molecule has 0 aliphatic carbocycles. The molecule has 88 valence electrons. The Labute approximate surface area is 96.9 Å². The molecule has 1 heterocycles. The van der Waals surface area contributed by atoms with E-state index in [1.165, 1.54) is 24.8 Å². The molecule has 3 heteroatoms. The Kier molecular flexibility index (Phi) is 3.80. The van der Waals surface area contributed by atoms with Crippen LogP contribution in [0.1, 0.15) is 24.8 Å². The van der Waals surface area contributed by atoms with Crippen LogP contribution in [0.5, 0.6) is 5.75 Å². The number of nitrogens with two attached hydrogens (primary N) is 1. The van der Waals surface area contributed by atoms with E-state index in [-0.39, 0.29) is 0 Å². The first kappa shape index (κ1) is 11.4. The van der Waals surface area contributed by atoms with Crippen molar-refractivity contribution >= 4 is 0 Å². The summed E-state index contributed by atoms with van der Waals surface area (Å²) >= 11 is 0. The highest BCUT2D eigenvalue weighted by Crippen LogP contribution is 2.19. The van der Waals surface area contributed by atoms with E-state index in [2.05, 4.69) is 4.90 Å². The second-order valence-corrected chi connectivity index (χ2v) is 4.52. The summed E-state index contributed by atoms with van der Waals surface area (Å²) < 4.78 is 0. The van der Waals surface area contributed by atoms with Crippen molar-refractivity contribution in [2.24, 2.45) is 5.73 Å². The zero-order chi connectivity index (χ0) is 11.4. The fraction of sp³-hybridized carbons (Fsp3) is 0.538. The fourth-order valence-electron chi connectivity index (χ4n) is 2.37. The van der Waals surface area contributed by atoms with Crippen LogP contribution in [0.4, 0.5) is 0 Å². The minimum atomic E-state index is 0.331. The van der Waals surface area contributed by atoms with Gasteiger partial charge < -0.3 is 10.8 Å². The molecule has 1 atom stereocenters. The molecule has 0 amide bonds. The lowest BCUT2D eigenvalue weighted by Gasteiger charge is -2.35. The molecular formula is C13H20N2O. The van der Waals surface area contributed by atoms with E-state index in [0.717, 1.165) is 19.6 Å². The molecule has 1 aromatic rings. The van der Waals surface area contributed by atoms with Crippen LogP contribution in [-0.2, 0) is 6.54 Å². The van der Waals surface area contributed by atoms with E-state index in [4.69, 9.17) is 5.73 Å². The summed E-state index contributed by atoms with van der Waals surface area (Å²) in [5.41, 5.74) is 7.04. The van der Waals surface area contributed by atoms with Gasteiger partial charge >= 0.3 is 0 Å². The highest BCUT2D eigenvalue weighted by atomic mass is 16.3. The fourth-order valence-corrected chi connectivity index (χ4v) is 2.37. The topological polar surface area (TPSA) is 49.5 Å². The van der Waals surface area contributed by atoms with Crippen LogP contribution in [0, 0.1) is 0 Å². The van der Waals surface area contributed by atoms with Gasteiger partial charge in [-0.15, -0.1) is 0 Å². The monoisotopic (exact) mass is 220 g/mol. The van der Waals surface area contributed by atoms with Gasteiger partial charge in [0.25, 0.3) is 0 Å². The van der Waals surface area contributed by atoms with Crippen molar-refractivity contribution in [2.75, 3.05) is 13.1 Å². The first-order valence-electron chi connectivity index (χ1n) is 6.01. The van der Waals surface area contributed by atoms with Crippen LogP contribution in [0.15, 0.2) is 24.3 Å². The summed E-state index contributed by atoms with van der Waals surface area (Å²) in [5.74, 6) is 0.331. The second-order valence-electron chi connectivity index (χ2n) is 4.52. The van der Waals surface area contributed by atoms with Crippen LogP contribution >= 0.6 is 0 Å². The van der Waals surface area contributed by atoms with Gasteiger partial charge in [0, 0.05) is 19.1 Å². The summed E-state index contributed by atoms with van der Waals surface area (Å²) in [6, 6.07) is 7.99. The van der Waals surface area contributed by atoms with Gasteiger partial charge in [0.05, 0.1) is 0 Å². The van der Waals surface area contributed by atoms with Gasteiger partial charge in [0.15, 0.2) is 0 Å². The largest absolute Gasteiger partial charge is 0.508 e. The molecular weight excluding hydrogens is 200 g/mol. The van der Waals surface area contributed by atoms with Gasteiger partial charge in [-0.1, -0.05) is 18.6 Å². The van der Waals surface area contributed by atoms with Gasteiger partial charge in [-0.25, -0.2) is 0 Å². The van der Waals surface area contributed by atoms with Gasteiger partial charge in [0.2, 0.25) is 0 Å². The molecule has 1 aromatic carbocycles. The number of hydrogen-bond acceptors (Lipinski definition) is 3. The SMILES string of the molecule is NCC1CCCCN1Cc1ccc(O)cc1. The third kappa shape index (κ3) is 2.74. The van der Waals surface area contributed by atoms with Crippen molar-refractivity contribution in [1.29, 1.82) is 0 Å². The molecule has 3 nitrogen and oxygen atoms in total. The average Bonchev–Trinajstić information content (AvgIpc) is 2.33. The van der Waals surface area contributed by atoms with Gasteiger partial charge in [-0.05, 0) is 37.1 Å². The van der Waals surface area contributed by atoms with Crippen molar-refractivity contribution in [2.45, 2.75) is 31.8 Å². The van der Waals surface area contributed by atoms with Crippen LogP contribution in [0.2, 0.25) is 0 Å². The number of likely N-dealkylation sites (tertiary alicyclic amines) is 1. The Balaban J connectivity index is 1.99. The molecule has 16 heavy (non-hydrogen) atoms. The molecule has 1 saturated heterocycles. The Morgan fingerprint density at radius 2 is 2.00 bits per heavy atom. The summed E-state index contributed by atoms with van der Waals surface area (Å²) in [5, 5.41) is 9.23. The number of phenols is 1. The Hall–Kier alpha value is -1.06. The standard InChI is InChI=1S/C13H20N2O/c14-9-12-3-1-2-8-15(12)10-11-4-6-13(16)7-5-11/h4-7,12,16H,1-3,8-10,14H2. The van der Waals surface area contributed by atoms with Crippen LogP contribution < -0.4 is 5.73 Å². The van der Waals surface area contributed by atoms with E-state index in [1.54, 1.807) is 12.1 Å². The van der Waals surface area contributed by atoms with E-state index < -0.39 is 0 Å². The predicted octanol–water partition coefficient (Wildman–Crippen LogP) is 1.71. The molecule has 1 unspecified atom stereocenters. The molecule has 1 aliphatic rings. The molecule has 0 aromatic heterocycles. The number of piperidine rings is 1. The molecule has 1 fully saturated rings.